The van der Waals surface area contributed by atoms with E-state index in [9.17, 15) is 9.59 Å². The lowest BCUT2D eigenvalue weighted by Crippen LogP contribution is -2.48. The van der Waals surface area contributed by atoms with E-state index >= 15 is 0 Å². The standard InChI is InChI=1S/C14H28N2O3/c1-5-8-10-16(12(4)6-2)14(19)15(7-3)11-9-13(17)18/h12H,5-11H2,1-4H3,(H,17,18). The summed E-state index contributed by atoms with van der Waals surface area (Å²) in [5.74, 6) is -0.866. The lowest BCUT2D eigenvalue weighted by Gasteiger charge is -2.33. The van der Waals surface area contributed by atoms with Gasteiger partial charge in [0.2, 0.25) is 0 Å². The largest absolute Gasteiger partial charge is 0.481 e. The average Bonchev–Trinajstić information content (AvgIpc) is 2.39. The Kier molecular flexibility index (Phi) is 9.00. The third kappa shape index (κ3) is 6.45. The number of hydrogen-bond donors (Lipinski definition) is 1. The van der Waals surface area contributed by atoms with Crippen LogP contribution in [0.1, 0.15) is 53.4 Å². The Hall–Kier alpha value is -1.26. The molecular weight excluding hydrogens is 244 g/mol. The molecule has 5 nitrogen and oxygen atoms in total. The predicted molar refractivity (Wildman–Crippen MR) is 76.3 cm³/mol. The van der Waals surface area contributed by atoms with Gasteiger partial charge >= 0.3 is 12.0 Å². The highest BCUT2D eigenvalue weighted by molar-refractivity contribution is 5.75. The number of carboxylic acid groups (broad SMARTS) is 1. The molecule has 0 aliphatic carbocycles. The van der Waals surface area contributed by atoms with Gasteiger partial charge in [-0.05, 0) is 26.7 Å². The van der Waals surface area contributed by atoms with Gasteiger partial charge in [-0.3, -0.25) is 4.79 Å². The van der Waals surface area contributed by atoms with Crippen LogP contribution in [-0.4, -0.2) is 52.6 Å². The number of carbonyl (C=O) groups excluding carboxylic acids is 1. The van der Waals surface area contributed by atoms with Crippen LogP contribution < -0.4 is 0 Å². The van der Waals surface area contributed by atoms with E-state index in [2.05, 4.69) is 13.8 Å². The molecule has 0 aliphatic rings. The van der Waals surface area contributed by atoms with Crippen LogP contribution in [0.2, 0.25) is 0 Å². The maximum absolute atomic E-state index is 12.5. The van der Waals surface area contributed by atoms with Gasteiger partial charge in [-0.15, -0.1) is 0 Å². The summed E-state index contributed by atoms with van der Waals surface area (Å²) in [4.78, 5) is 26.6. The van der Waals surface area contributed by atoms with E-state index in [1.165, 1.54) is 0 Å². The molecule has 0 heterocycles. The highest BCUT2D eigenvalue weighted by Gasteiger charge is 2.23. The number of unbranched alkanes of at least 4 members (excludes halogenated alkanes) is 1. The molecule has 0 fully saturated rings. The minimum atomic E-state index is -0.866. The number of carboxylic acids is 1. The molecule has 19 heavy (non-hydrogen) atoms. The van der Waals surface area contributed by atoms with Crippen molar-refractivity contribution in [3.05, 3.63) is 0 Å². The van der Waals surface area contributed by atoms with Gasteiger partial charge in [-0.25, -0.2) is 4.79 Å². The molecule has 0 radical (unpaired) electrons. The van der Waals surface area contributed by atoms with Crippen molar-refractivity contribution in [3.8, 4) is 0 Å². The second-order valence-electron chi connectivity index (χ2n) is 4.81. The molecule has 0 aromatic heterocycles. The summed E-state index contributed by atoms with van der Waals surface area (Å²) >= 11 is 0. The number of hydrogen-bond acceptors (Lipinski definition) is 2. The molecule has 112 valence electrons. The Bertz CT molecular complexity index is 282. The Labute approximate surface area is 116 Å². The fraction of sp³-hybridized carbons (Fsp3) is 0.857. The SMILES string of the molecule is CCCCN(C(=O)N(CC)CCC(=O)O)C(C)CC. The maximum atomic E-state index is 12.5. The molecule has 0 bridgehead atoms. The van der Waals surface area contributed by atoms with Crippen LogP contribution in [0.4, 0.5) is 4.79 Å². The van der Waals surface area contributed by atoms with Gasteiger partial charge in [-0.2, -0.15) is 0 Å². The molecule has 0 saturated carbocycles. The third-order valence-corrected chi connectivity index (χ3v) is 3.37. The molecular formula is C14H28N2O3. The second-order valence-corrected chi connectivity index (χ2v) is 4.81. The average molecular weight is 272 g/mol. The lowest BCUT2D eigenvalue weighted by atomic mass is 10.2. The van der Waals surface area contributed by atoms with E-state index in [4.69, 9.17) is 5.11 Å². The number of nitrogens with zero attached hydrogens (tertiary/aromatic N) is 2. The number of carbonyl (C=O) groups is 2. The van der Waals surface area contributed by atoms with Gasteiger partial charge in [-0.1, -0.05) is 20.3 Å². The fourth-order valence-electron chi connectivity index (χ4n) is 1.85. The van der Waals surface area contributed by atoms with Crippen LogP contribution >= 0.6 is 0 Å². The van der Waals surface area contributed by atoms with Crippen LogP contribution in [0.25, 0.3) is 0 Å². The van der Waals surface area contributed by atoms with Gasteiger partial charge in [0.05, 0.1) is 6.42 Å². The van der Waals surface area contributed by atoms with Crippen molar-refractivity contribution in [3.63, 3.8) is 0 Å². The molecule has 0 saturated heterocycles. The van der Waals surface area contributed by atoms with Crippen molar-refractivity contribution in [2.75, 3.05) is 19.6 Å². The highest BCUT2D eigenvalue weighted by Crippen LogP contribution is 2.10. The zero-order valence-electron chi connectivity index (χ0n) is 12.7. The first-order chi connectivity index (χ1) is 8.97. The molecule has 0 aromatic carbocycles. The summed E-state index contributed by atoms with van der Waals surface area (Å²) in [6.07, 6.45) is 2.93. The number of rotatable bonds is 9. The van der Waals surface area contributed by atoms with E-state index in [0.717, 1.165) is 25.8 Å². The zero-order chi connectivity index (χ0) is 14.8. The van der Waals surface area contributed by atoms with Crippen LogP contribution in [0.5, 0.6) is 0 Å². The van der Waals surface area contributed by atoms with Crippen LogP contribution in [0, 0.1) is 0 Å². The van der Waals surface area contributed by atoms with E-state index in [1.54, 1.807) is 4.90 Å². The smallest absolute Gasteiger partial charge is 0.320 e. The lowest BCUT2D eigenvalue weighted by molar-refractivity contribution is -0.137. The Morgan fingerprint density at radius 2 is 1.79 bits per heavy atom. The maximum Gasteiger partial charge on any atom is 0.320 e. The third-order valence-electron chi connectivity index (χ3n) is 3.37. The van der Waals surface area contributed by atoms with Gasteiger partial charge in [0, 0.05) is 25.7 Å². The van der Waals surface area contributed by atoms with Gasteiger partial charge in [0.1, 0.15) is 0 Å². The molecule has 1 unspecified atom stereocenters. The topological polar surface area (TPSA) is 60.9 Å². The summed E-state index contributed by atoms with van der Waals surface area (Å²) in [6, 6.07) is 0.157. The Balaban J connectivity index is 4.67. The second kappa shape index (κ2) is 9.64. The summed E-state index contributed by atoms with van der Waals surface area (Å²) < 4.78 is 0. The number of amides is 2. The summed E-state index contributed by atoms with van der Waals surface area (Å²) in [6.45, 7) is 9.65. The van der Waals surface area contributed by atoms with Crippen LogP contribution in [-0.2, 0) is 4.79 Å². The molecule has 0 aliphatic heterocycles. The van der Waals surface area contributed by atoms with Crippen LogP contribution in [0.3, 0.4) is 0 Å². The quantitative estimate of drug-likeness (QED) is 0.702. The molecule has 5 heteroatoms. The first-order valence-electron chi connectivity index (χ1n) is 7.25. The van der Waals surface area contributed by atoms with Crippen molar-refractivity contribution in [1.82, 2.24) is 9.80 Å². The van der Waals surface area contributed by atoms with Gasteiger partial charge in [0.25, 0.3) is 0 Å². The molecule has 2 amide bonds. The fourth-order valence-corrected chi connectivity index (χ4v) is 1.85. The van der Waals surface area contributed by atoms with Crippen molar-refractivity contribution >= 4 is 12.0 Å². The number of aliphatic carboxylic acids is 1. The normalized spacial score (nSPS) is 12.0. The van der Waals surface area contributed by atoms with Crippen molar-refractivity contribution in [2.24, 2.45) is 0 Å². The minimum absolute atomic E-state index is 0.00169. The van der Waals surface area contributed by atoms with E-state index < -0.39 is 5.97 Å². The molecule has 0 rings (SSSR count). The first kappa shape index (κ1) is 17.7. The Morgan fingerprint density at radius 3 is 2.21 bits per heavy atom. The molecule has 0 spiro atoms. The van der Waals surface area contributed by atoms with Crippen LogP contribution in [0.15, 0.2) is 0 Å². The predicted octanol–water partition coefficient (Wildman–Crippen LogP) is 2.80. The Morgan fingerprint density at radius 1 is 1.16 bits per heavy atom. The summed E-state index contributed by atoms with van der Waals surface area (Å²) in [5, 5.41) is 8.72. The molecule has 0 aromatic rings. The monoisotopic (exact) mass is 272 g/mol. The van der Waals surface area contributed by atoms with Crippen molar-refractivity contribution < 1.29 is 14.7 Å². The van der Waals surface area contributed by atoms with E-state index in [0.29, 0.717) is 6.54 Å². The van der Waals surface area contributed by atoms with E-state index in [-0.39, 0.29) is 25.0 Å². The molecule has 1 atom stereocenters. The zero-order valence-corrected chi connectivity index (χ0v) is 12.7. The summed E-state index contributed by atoms with van der Waals surface area (Å²) in [5.41, 5.74) is 0. The van der Waals surface area contributed by atoms with Crippen molar-refractivity contribution in [1.29, 1.82) is 0 Å². The van der Waals surface area contributed by atoms with Gasteiger partial charge < -0.3 is 14.9 Å². The van der Waals surface area contributed by atoms with Gasteiger partial charge in [0.15, 0.2) is 0 Å². The summed E-state index contributed by atoms with van der Waals surface area (Å²) in [7, 11) is 0. The minimum Gasteiger partial charge on any atom is -0.481 e. The van der Waals surface area contributed by atoms with Crippen molar-refractivity contribution in [2.45, 2.75) is 59.4 Å². The first-order valence-corrected chi connectivity index (χ1v) is 7.25. The van der Waals surface area contributed by atoms with E-state index in [1.807, 2.05) is 18.7 Å². The highest BCUT2D eigenvalue weighted by atomic mass is 16.4. The molecule has 1 N–H and O–H groups in total. The number of urea groups is 1.